The monoisotopic (exact) mass is 350 g/mol. The summed E-state index contributed by atoms with van der Waals surface area (Å²) in [5.74, 6) is -0.212. The quantitative estimate of drug-likeness (QED) is 0.635. The molecular formula is C20H22N4O2. The Bertz CT molecular complexity index is 929. The number of aryl methyl sites for hydroxylation is 1. The third kappa shape index (κ3) is 4.08. The molecule has 2 amide bonds. The van der Waals surface area contributed by atoms with Gasteiger partial charge in [0.15, 0.2) is 5.69 Å². The number of amides is 2. The summed E-state index contributed by atoms with van der Waals surface area (Å²) in [4.78, 5) is 24.0. The smallest absolute Gasteiger partial charge is 0.272 e. The summed E-state index contributed by atoms with van der Waals surface area (Å²) in [7, 11) is 0. The first-order valence-corrected chi connectivity index (χ1v) is 8.68. The molecule has 3 aromatic rings. The molecule has 0 saturated carbocycles. The molecule has 3 N–H and O–H groups in total. The van der Waals surface area contributed by atoms with Gasteiger partial charge in [0.1, 0.15) is 0 Å². The van der Waals surface area contributed by atoms with E-state index in [2.05, 4.69) is 20.8 Å². The Kier molecular flexibility index (Phi) is 5.31. The minimum absolute atomic E-state index is 0.00857. The molecule has 0 fully saturated rings. The maximum atomic E-state index is 12.4. The molecule has 0 radical (unpaired) electrons. The van der Waals surface area contributed by atoms with Crippen molar-refractivity contribution in [2.75, 3.05) is 5.32 Å². The first-order chi connectivity index (χ1) is 12.6. The van der Waals surface area contributed by atoms with Gasteiger partial charge in [0, 0.05) is 24.0 Å². The van der Waals surface area contributed by atoms with Gasteiger partial charge in [-0.25, -0.2) is 0 Å². The normalized spacial score (nSPS) is 10.7. The van der Waals surface area contributed by atoms with Gasteiger partial charge in [-0.3, -0.25) is 14.7 Å². The van der Waals surface area contributed by atoms with Gasteiger partial charge in [0.05, 0.1) is 5.52 Å². The molecule has 6 nitrogen and oxygen atoms in total. The van der Waals surface area contributed by atoms with E-state index in [1.165, 1.54) is 0 Å². The second-order valence-electron chi connectivity index (χ2n) is 6.30. The van der Waals surface area contributed by atoms with Crippen LogP contribution in [0.4, 0.5) is 5.69 Å². The molecule has 3 rings (SSSR count). The van der Waals surface area contributed by atoms with Crippen LogP contribution in [0.25, 0.3) is 10.9 Å². The van der Waals surface area contributed by atoms with Crippen LogP contribution in [-0.4, -0.2) is 22.0 Å². The number of rotatable bonds is 6. The molecule has 1 heterocycles. The molecule has 134 valence electrons. The highest BCUT2D eigenvalue weighted by atomic mass is 16.2. The number of hydrogen-bond donors (Lipinski definition) is 3. The van der Waals surface area contributed by atoms with Crippen LogP contribution >= 0.6 is 0 Å². The van der Waals surface area contributed by atoms with E-state index in [-0.39, 0.29) is 11.8 Å². The van der Waals surface area contributed by atoms with Crippen LogP contribution in [0, 0.1) is 6.92 Å². The Morgan fingerprint density at radius 2 is 1.88 bits per heavy atom. The summed E-state index contributed by atoms with van der Waals surface area (Å²) >= 11 is 0. The lowest BCUT2D eigenvalue weighted by Gasteiger charge is -2.07. The standard InChI is InChI=1S/C20H22N4O2/c1-3-4-18(25)22-15-8-6-14(7-9-15)12-21-20(26)19-16-11-13(2)5-10-17(16)23-24-19/h5-11H,3-4,12H2,1-2H3,(H,21,26)(H,22,25)(H,23,24). The van der Waals surface area contributed by atoms with E-state index in [9.17, 15) is 9.59 Å². The summed E-state index contributed by atoms with van der Waals surface area (Å²) in [6.45, 7) is 4.34. The van der Waals surface area contributed by atoms with Gasteiger partial charge >= 0.3 is 0 Å². The van der Waals surface area contributed by atoms with E-state index in [0.717, 1.165) is 34.1 Å². The number of benzene rings is 2. The van der Waals surface area contributed by atoms with Crippen molar-refractivity contribution in [1.29, 1.82) is 0 Å². The van der Waals surface area contributed by atoms with Crippen LogP contribution in [-0.2, 0) is 11.3 Å². The zero-order chi connectivity index (χ0) is 18.5. The van der Waals surface area contributed by atoms with E-state index in [0.29, 0.717) is 18.7 Å². The lowest BCUT2D eigenvalue weighted by atomic mass is 10.1. The fraction of sp³-hybridized carbons (Fsp3) is 0.250. The Morgan fingerprint density at radius 1 is 1.12 bits per heavy atom. The number of anilines is 1. The molecule has 0 aliphatic carbocycles. The first kappa shape index (κ1) is 17.7. The minimum Gasteiger partial charge on any atom is -0.347 e. The molecule has 0 saturated heterocycles. The number of H-pyrrole nitrogens is 1. The number of aromatic nitrogens is 2. The zero-order valence-corrected chi connectivity index (χ0v) is 14.9. The maximum absolute atomic E-state index is 12.4. The zero-order valence-electron chi connectivity index (χ0n) is 14.9. The molecule has 0 spiro atoms. The third-order valence-corrected chi connectivity index (χ3v) is 4.10. The van der Waals surface area contributed by atoms with Crippen LogP contribution in [0.3, 0.4) is 0 Å². The van der Waals surface area contributed by atoms with E-state index in [1.54, 1.807) is 0 Å². The average molecular weight is 350 g/mol. The molecule has 0 atom stereocenters. The number of carbonyl (C=O) groups excluding carboxylic acids is 2. The maximum Gasteiger partial charge on any atom is 0.272 e. The Balaban J connectivity index is 1.62. The summed E-state index contributed by atoms with van der Waals surface area (Å²) in [6.07, 6.45) is 1.33. The van der Waals surface area contributed by atoms with Gasteiger partial charge < -0.3 is 10.6 Å². The lowest BCUT2D eigenvalue weighted by molar-refractivity contribution is -0.116. The summed E-state index contributed by atoms with van der Waals surface area (Å²) in [5, 5.41) is 13.6. The van der Waals surface area contributed by atoms with Gasteiger partial charge in [-0.2, -0.15) is 5.10 Å². The van der Waals surface area contributed by atoms with Crippen molar-refractivity contribution >= 4 is 28.4 Å². The van der Waals surface area contributed by atoms with E-state index >= 15 is 0 Å². The third-order valence-electron chi connectivity index (χ3n) is 4.10. The molecule has 0 bridgehead atoms. The topological polar surface area (TPSA) is 86.9 Å². The minimum atomic E-state index is -0.220. The first-order valence-electron chi connectivity index (χ1n) is 8.68. The number of nitrogens with one attached hydrogen (secondary N) is 3. The Morgan fingerprint density at radius 3 is 2.62 bits per heavy atom. The summed E-state index contributed by atoms with van der Waals surface area (Å²) < 4.78 is 0. The summed E-state index contributed by atoms with van der Waals surface area (Å²) in [5.41, 5.74) is 4.02. The number of fused-ring (bicyclic) bond motifs is 1. The van der Waals surface area contributed by atoms with E-state index < -0.39 is 0 Å². The SMILES string of the molecule is CCCC(=O)Nc1ccc(CNC(=O)c2n[nH]c3ccc(C)cc23)cc1. The second-order valence-corrected chi connectivity index (χ2v) is 6.30. The molecule has 0 aliphatic rings. The molecule has 1 aromatic heterocycles. The van der Waals surface area contributed by atoms with Crippen LogP contribution < -0.4 is 10.6 Å². The van der Waals surface area contributed by atoms with Gasteiger partial charge in [-0.05, 0) is 43.2 Å². The molecule has 6 heteroatoms. The molecule has 0 unspecified atom stereocenters. The van der Waals surface area contributed by atoms with Crippen molar-refractivity contribution in [3.05, 3.63) is 59.3 Å². The van der Waals surface area contributed by atoms with Crippen molar-refractivity contribution < 1.29 is 9.59 Å². The largest absolute Gasteiger partial charge is 0.347 e. The van der Waals surface area contributed by atoms with Crippen LogP contribution in [0.15, 0.2) is 42.5 Å². The number of hydrogen-bond acceptors (Lipinski definition) is 3. The van der Waals surface area contributed by atoms with Crippen LogP contribution in [0.2, 0.25) is 0 Å². The van der Waals surface area contributed by atoms with E-state index in [1.807, 2.05) is 56.3 Å². The number of nitrogens with zero attached hydrogens (tertiary/aromatic N) is 1. The molecule has 2 aromatic carbocycles. The highest BCUT2D eigenvalue weighted by Crippen LogP contribution is 2.17. The predicted octanol–water partition coefficient (Wildman–Crippen LogP) is 3.54. The number of aromatic amines is 1. The van der Waals surface area contributed by atoms with E-state index in [4.69, 9.17) is 0 Å². The van der Waals surface area contributed by atoms with Crippen molar-refractivity contribution in [2.45, 2.75) is 33.2 Å². The predicted molar refractivity (Wildman–Crippen MR) is 102 cm³/mol. The fourth-order valence-corrected chi connectivity index (χ4v) is 2.72. The van der Waals surface area contributed by atoms with Gasteiger partial charge in [0.2, 0.25) is 5.91 Å². The Labute approximate surface area is 152 Å². The highest BCUT2D eigenvalue weighted by molar-refractivity contribution is 6.04. The van der Waals surface area contributed by atoms with Crippen molar-refractivity contribution in [1.82, 2.24) is 15.5 Å². The van der Waals surface area contributed by atoms with Crippen LogP contribution in [0.1, 0.15) is 41.4 Å². The fourth-order valence-electron chi connectivity index (χ4n) is 2.72. The lowest BCUT2D eigenvalue weighted by Crippen LogP contribution is -2.23. The highest BCUT2D eigenvalue weighted by Gasteiger charge is 2.13. The molecule has 26 heavy (non-hydrogen) atoms. The van der Waals surface area contributed by atoms with Gasteiger partial charge in [0.25, 0.3) is 5.91 Å². The van der Waals surface area contributed by atoms with Crippen LogP contribution in [0.5, 0.6) is 0 Å². The van der Waals surface area contributed by atoms with Gasteiger partial charge in [-0.1, -0.05) is 30.7 Å². The van der Waals surface area contributed by atoms with Crippen molar-refractivity contribution in [3.8, 4) is 0 Å². The molecular weight excluding hydrogens is 328 g/mol. The second kappa shape index (κ2) is 7.82. The molecule has 0 aliphatic heterocycles. The summed E-state index contributed by atoms with van der Waals surface area (Å²) in [6, 6.07) is 13.3. The number of carbonyl (C=O) groups is 2. The average Bonchev–Trinajstić information content (AvgIpc) is 3.04. The van der Waals surface area contributed by atoms with Crippen molar-refractivity contribution in [3.63, 3.8) is 0 Å². The van der Waals surface area contributed by atoms with Gasteiger partial charge in [-0.15, -0.1) is 0 Å². The Hall–Kier alpha value is -3.15. The van der Waals surface area contributed by atoms with Crippen molar-refractivity contribution in [2.24, 2.45) is 0 Å².